The third-order valence-corrected chi connectivity index (χ3v) is 5.02. The molecule has 0 aromatic carbocycles. The minimum absolute atomic E-state index is 0.0366. The van der Waals surface area contributed by atoms with E-state index in [1.165, 1.54) is 6.42 Å². The molecule has 0 radical (unpaired) electrons. The summed E-state index contributed by atoms with van der Waals surface area (Å²) in [7, 11) is 0. The van der Waals surface area contributed by atoms with Crippen molar-refractivity contribution in [2.24, 2.45) is 5.92 Å². The van der Waals surface area contributed by atoms with E-state index in [9.17, 15) is 4.79 Å². The largest absolute Gasteiger partial charge is 0.332 e. The number of likely N-dealkylation sites (tertiary alicyclic amines) is 1. The van der Waals surface area contributed by atoms with Crippen LogP contribution in [0.5, 0.6) is 0 Å². The maximum atomic E-state index is 12.0. The highest BCUT2D eigenvalue weighted by Gasteiger charge is 2.49. The monoisotopic (exact) mass is 225 g/mol. The lowest BCUT2D eigenvalue weighted by atomic mass is 9.69. The summed E-state index contributed by atoms with van der Waals surface area (Å²) in [6.07, 6.45) is 4.47. The molecule has 0 saturated carbocycles. The standard InChI is InChI=1S/C14H27NO/c1-7-13(5)10-9-11(3)14(6,8-2)15(13)12(4)16/h11H,7-10H2,1-6H3. The Morgan fingerprint density at radius 1 is 1.31 bits per heavy atom. The van der Waals surface area contributed by atoms with Crippen LogP contribution in [0.2, 0.25) is 0 Å². The van der Waals surface area contributed by atoms with Gasteiger partial charge in [-0.2, -0.15) is 0 Å². The summed E-state index contributed by atoms with van der Waals surface area (Å²) in [5, 5.41) is 0. The molecule has 3 unspecified atom stereocenters. The second kappa shape index (κ2) is 4.38. The normalized spacial score (nSPS) is 39.9. The van der Waals surface area contributed by atoms with Crippen LogP contribution in [0.1, 0.15) is 67.2 Å². The molecule has 0 N–H and O–H groups in total. The maximum absolute atomic E-state index is 12.0. The fourth-order valence-electron chi connectivity index (χ4n) is 3.37. The van der Waals surface area contributed by atoms with Gasteiger partial charge in [-0.1, -0.05) is 20.8 Å². The third kappa shape index (κ3) is 1.87. The van der Waals surface area contributed by atoms with Crippen LogP contribution in [0.15, 0.2) is 0 Å². The van der Waals surface area contributed by atoms with Gasteiger partial charge in [0, 0.05) is 18.0 Å². The van der Waals surface area contributed by atoms with Gasteiger partial charge in [0.25, 0.3) is 0 Å². The van der Waals surface area contributed by atoms with Crippen molar-refractivity contribution in [1.82, 2.24) is 4.90 Å². The zero-order chi connectivity index (χ0) is 12.6. The topological polar surface area (TPSA) is 20.3 Å². The van der Waals surface area contributed by atoms with E-state index in [0.717, 1.165) is 19.3 Å². The van der Waals surface area contributed by atoms with Crippen LogP contribution in [-0.4, -0.2) is 21.9 Å². The van der Waals surface area contributed by atoms with E-state index in [1.807, 2.05) is 0 Å². The summed E-state index contributed by atoms with van der Waals surface area (Å²) in [4.78, 5) is 14.2. The average Bonchev–Trinajstić information content (AvgIpc) is 2.23. The van der Waals surface area contributed by atoms with Gasteiger partial charge in [-0.3, -0.25) is 4.79 Å². The van der Waals surface area contributed by atoms with E-state index in [2.05, 4.69) is 39.5 Å². The lowest BCUT2D eigenvalue weighted by molar-refractivity contribution is -0.155. The van der Waals surface area contributed by atoms with Crippen molar-refractivity contribution >= 4 is 5.91 Å². The fourth-order valence-corrected chi connectivity index (χ4v) is 3.37. The molecule has 16 heavy (non-hydrogen) atoms. The van der Waals surface area contributed by atoms with Crippen molar-refractivity contribution in [3.63, 3.8) is 0 Å². The SMILES string of the molecule is CCC1(C)CCC(C)C(C)(CC)N1C(C)=O. The first-order valence-corrected chi connectivity index (χ1v) is 6.62. The number of piperidine rings is 1. The second-order valence-corrected chi connectivity index (χ2v) is 5.86. The van der Waals surface area contributed by atoms with Gasteiger partial charge >= 0.3 is 0 Å². The molecular weight excluding hydrogens is 198 g/mol. The minimum Gasteiger partial charge on any atom is -0.332 e. The molecule has 1 rings (SSSR count). The van der Waals surface area contributed by atoms with Crippen molar-refractivity contribution in [2.45, 2.75) is 78.3 Å². The number of hydrogen-bond acceptors (Lipinski definition) is 1. The van der Waals surface area contributed by atoms with Crippen LogP contribution in [0.3, 0.4) is 0 Å². The molecule has 0 aliphatic carbocycles. The Morgan fingerprint density at radius 2 is 1.88 bits per heavy atom. The highest BCUT2D eigenvalue weighted by molar-refractivity contribution is 5.75. The van der Waals surface area contributed by atoms with Crippen molar-refractivity contribution in [3.05, 3.63) is 0 Å². The smallest absolute Gasteiger partial charge is 0.220 e. The van der Waals surface area contributed by atoms with E-state index >= 15 is 0 Å². The Balaban J connectivity index is 3.17. The Bertz CT molecular complexity index is 276. The van der Waals surface area contributed by atoms with Crippen LogP contribution in [0, 0.1) is 5.92 Å². The molecule has 2 nitrogen and oxygen atoms in total. The first kappa shape index (κ1) is 13.5. The van der Waals surface area contributed by atoms with Gasteiger partial charge in [-0.15, -0.1) is 0 Å². The zero-order valence-corrected chi connectivity index (χ0v) is 11.8. The predicted octanol–water partition coefficient (Wildman–Crippen LogP) is 3.60. The van der Waals surface area contributed by atoms with E-state index in [1.54, 1.807) is 6.92 Å². The summed E-state index contributed by atoms with van der Waals surface area (Å²) in [5.74, 6) is 0.835. The molecule has 3 atom stereocenters. The summed E-state index contributed by atoms with van der Waals surface area (Å²) in [5.41, 5.74) is 0.0952. The number of carbonyl (C=O) groups excluding carboxylic acids is 1. The molecule has 2 heteroatoms. The molecule has 0 bridgehead atoms. The van der Waals surface area contributed by atoms with Gasteiger partial charge in [0.15, 0.2) is 0 Å². The lowest BCUT2D eigenvalue weighted by Crippen LogP contribution is -2.65. The number of amides is 1. The summed E-state index contributed by atoms with van der Waals surface area (Å²) in [6.45, 7) is 12.9. The number of nitrogens with zero attached hydrogens (tertiary/aromatic N) is 1. The molecule has 1 amide bonds. The van der Waals surface area contributed by atoms with E-state index in [4.69, 9.17) is 0 Å². The molecule has 1 saturated heterocycles. The summed E-state index contributed by atoms with van der Waals surface area (Å²) >= 11 is 0. The zero-order valence-electron chi connectivity index (χ0n) is 11.8. The molecule has 0 spiro atoms. The van der Waals surface area contributed by atoms with Crippen LogP contribution in [0.4, 0.5) is 0 Å². The van der Waals surface area contributed by atoms with Crippen molar-refractivity contribution in [3.8, 4) is 0 Å². The van der Waals surface area contributed by atoms with E-state index in [0.29, 0.717) is 5.92 Å². The van der Waals surface area contributed by atoms with Gasteiger partial charge < -0.3 is 4.90 Å². The van der Waals surface area contributed by atoms with Gasteiger partial charge in [0.05, 0.1) is 0 Å². The van der Waals surface area contributed by atoms with Crippen molar-refractivity contribution in [1.29, 1.82) is 0 Å². The Labute approximate surface area is 100 Å². The van der Waals surface area contributed by atoms with Crippen molar-refractivity contribution < 1.29 is 4.79 Å². The first-order chi connectivity index (χ1) is 7.31. The molecule has 94 valence electrons. The van der Waals surface area contributed by atoms with E-state index in [-0.39, 0.29) is 17.0 Å². The van der Waals surface area contributed by atoms with Crippen LogP contribution in [-0.2, 0) is 4.79 Å². The van der Waals surface area contributed by atoms with Crippen molar-refractivity contribution in [2.75, 3.05) is 0 Å². The minimum atomic E-state index is 0.0366. The number of hydrogen-bond donors (Lipinski definition) is 0. The first-order valence-electron chi connectivity index (χ1n) is 6.62. The van der Waals surface area contributed by atoms with Gasteiger partial charge in [0.1, 0.15) is 0 Å². The molecule has 1 aliphatic rings. The predicted molar refractivity (Wildman–Crippen MR) is 68.3 cm³/mol. The summed E-state index contributed by atoms with van der Waals surface area (Å²) in [6, 6.07) is 0. The van der Waals surface area contributed by atoms with Crippen LogP contribution in [0.25, 0.3) is 0 Å². The maximum Gasteiger partial charge on any atom is 0.220 e. The van der Waals surface area contributed by atoms with Crippen LogP contribution < -0.4 is 0 Å². The highest BCUT2D eigenvalue weighted by Crippen LogP contribution is 2.45. The quantitative estimate of drug-likeness (QED) is 0.703. The van der Waals surface area contributed by atoms with Gasteiger partial charge in [-0.05, 0) is 45.4 Å². The molecule has 0 aromatic rings. The summed E-state index contributed by atoms with van der Waals surface area (Å²) < 4.78 is 0. The Morgan fingerprint density at radius 3 is 2.25 bits per heavy atom. The number of rotatable bonds is 2. The van der Waals surface area contributed by atoms with Crippen LogP contribution >= 0.6 is 0 Å². The average molecular weight is 225 g/mol. The molecule has 1 heterocycles. The second-order valence-electron chi connectivity index (χ2n) is 5.86. The molecule has 1 aliphatic heterocycles. The Kier molecular flexibility index (Phi) is 3.71. The third-order valence-electron chi connectivity index (χ3n) is 5.02. The molecule has 1 fully saturated rings. The van der Waals surface area contributed by atoms with Gasteiger partial charge in [0.2, 0.25) is 5.91 Å². The molecule has 0 aromatic heterocycles. The molecular formula is C14H27NO. The van der Waals surface area contributed by atoms with E-state index < -0.39 is 0 Å². The van der Waals surface area contributed by atoms with Gasteiger partial charge in [-0.25, -0.2) is 0 Å². The highest BCUT2D eigenvalue weighted by atomic mass is 16.2. The lowest BCUT2D eigenvalue weighted by Gasteiger charge is -2.58. The Hall–Kier alpha value is -0.530. The fraction of sp³-hybridized carbons (Fsp3) is 0.929. The number of carbonyl (C=O) groups is 1.